The molecule has 9 heteroatoms. The highest BCUT2D eigenvalue weighted by Crippen LogP contribution is 2.02. The maximum absolute atomic E-state index is 11.8. The zero-order valence-electron chi connectivity index (χ0n) is 11.7. The minimum atomic E-state index is -0.258. The molecule has 2 heterocycles. The summed E-state index contributed by atoms with van der Waals surface area (Å²) >= 11 is 0. The van der Waals surface area contributed by atoms with E-state index in [9.17, 15) is 4.79 Å². The number of nitrogens with one attached hydrogen (secondary N) is 2. The molecule has 1 aliphatic heterocycles. The smallest absolute Gasteiger partial charge is 0.273 e. The van der Waals surface area contributed by atoms with E-state index in [4.69, 9.17) is 5.73 Å². The monoisotopic (exact) mass is 336 g/mol. The number of rotatable bonds is 5. The topological polar surface area (TPSA) is 96.2 Å². The van der Waals surface area contributed by atoms with Crippen molar-refractivity contribution < 1.29 is 4.79 Å². The SMILES string of the molecule is Cl.Cl.Nc1nccnc1C(=O)NCCCN1CCNCC1. The Kier molecular flexibility index (Phi) is 9.98. The van der Waals surface area contributed by atoms with Gasteiger partial charge in [-0.1, -0.05) is 0 Å². The molecule has 0 bridgehead atoms. The van der Waals surface area contributed by atoms with E-state index < -0.39 is 0 Å². The first-order chi connectivity index (χ1) is 9.27. The quantitative estimate of drug-likeness (QED) is 0.651. The van der Waals surface area contributed by atoms with Crippen molar-refractivity contribution in [2.45, 2.75) is 6.42 Å². The minimum absolute atomic E-state index is 0. The number of hydrogen-bond donors (Lipinski definition) is 3. The van der Waals surface area contributed by atoms with Crippen LogP contribution in [0.15, 0.2) is 12.4 Å². The molecule has 1 saturated heterocycles. The second-order valence-electron chi connectivity index (χ2n) is 4.49. The zero-order chi connectivity index (χ0) is 13.5. The largest absolute Gasteiger partial charge is 0.382 e. The van der Waals surface area contributed by atoms with E-state index in [-0.39, 0.29) is 42.2 Å². The maximum atomic E-state index is 11.8. The number of nitrogens with two attached hydrogens (primary N) is 1. The molecule has 1 aromatic heterocycles. The lowest BCUT2D eigenvalue weighted by atomic mass is 10.3. The Morgan fingerprint density at radius 1 is 1.29 bits per heavy atom. The van der Waals surface area contributed by atoms with E-state index in [0.29, 0.717) is 6.54 Å². The summed E-state index contributed by atoms with van der Waals surface area (Å²) in [7, 11) is 0. The van der Waals surface area contributed by atoms with Gasteiger partial charge < -0.3 is 21.3 Å². The number of halogens is 2. The van der Waals surface area contributed by atoms with Crippen LogP contribution in [0.1, 0.15) is 16.9 Å². The second-order valence-corrected chi connectivity index (χ2v) is 4.49. The summed E-state index contributed by atoms with van der Waals surface area (Å²) in [5.74, 6) is -0.0898. The van der Waals surface area contributed by atoms with Gasteiger partial charge in [-0.15, -0.1) is 24.8 Å². The van der Waals surface area contributed by atoms with Gasteiger partial charge in [-0.3, -0.25) is 4.79 Å². The van der Waals surface area contributed by atoms with Crippen molar-refractivity contribution in [2.75, 3.05) is 45.0 Å². The van der Waals surface area contributed by atoms with Crippen LogP contribution in [0, 0.1) is 0 Å². The lowest BCUT2D eigenvalue weighted by Gasteiger charge is -2.27. The van der Waals surface area contributed by atoms with Crippen LogP contribution in [0.5, 0.6) is 0 Å². The van der Waals surface area contributed by atoms with E-state index in [1.165, 1.54) is 12.4 Å². The van der Waals surface area contributed by atoms with E-state index in [1.807, 2.05) is 0 Å². The molecule has 2 rings (SSSR count). The first kappa shape index (κ1) is 19.9. The molecule has 0 aliphatic carbocycles. The first-order valence-corrected chi connectivity index (χ1v) is 6.55. The fourth-order valence-electron chi connectivity index (χ4n) is 2.05. The minimum Gasteiger partial charge on any atom is -0.382 e. The lowest BCUT2D eigenvalue weighted by molar-refractivity contribution is 0.0947. The molecule has 0 atom stereocenters. The van der Waals surface area contributed by atoms with Gasteiger partial charge in [-0.25, -0.2) is 9.97 Å². The highest BCUT2D eigenvalue weighted by atomic mass is 35.5. The van der Waals surface area contributed by atoms with Gasteiger partial charge >= 0.3 is 0 Å². The predicted octanol–water partition coefficient (Wildman–Crippen LogP) is -0.0725. The Labute approximate surface area is 136 Å². The molecule has 0 unspecified atom stereocenters. The number of aromatic nitrogens is 2. The zero-order valence-corrected chi connectivity index (χ0v) is 13.4. The third-order valence-corrected chi connectivity index (χ3v) is 3.09. The van der Waals surface area contributed by atoms with Crippen molar-refractivity contribution in [1.29, 1.82) is 0 Å². The van der Waals surface area contributed by atoms with Gasteiger partial charge in [0.2, 0.25) is 0 Å². The molecule has 0 radical (unpaired) electrons. The van der Waals surface area contributed by atoms with E-state index in [0.717, 1.165) is 39.1 Å². The fraction of sp³-hybridized carbons (Fsp3) is 0.583. The molecule has 4 N–H and O–H groups in total. The van der Waals surface area contributed by atoms with E-state index in [2.05, 4.69) is 25.5 Å². The number of nitrogen functional groups attached to an aromatic ring is 1. The molecule has 1 amide bonds. The standard InChI is InChI=1S/C12H20N6O.2ClH/c13-11-10(15-3-4-16-11)12(19)17-2-1-7-18-8-5-14-6-9-18;;/h3-4,14H,1-2,5-9H2,(H2,13,16)(H,17,19);2*1H. The van der Waals surface area contributed by atoms with Crippen LogP contribution >= 0.6 is 24.8 Å². The number of piperazine rings is 1. The van der Waals surface area contributed by atoms with Crippen LogP contribution in [0.25, 0.3) is 0 Å². The number of hydrogen-bond acceptors (Lipinski definition) is 6. The Morgan fingerprint density at radius 2 is 1.95 bits per heavy atom. The number of amides is 1. The van der Waals surface area contributed by atoms with E-state index in [1.54, 1.807) is 0 Å². The number of nitrogens with zero attached hydrogens (tertiary/aromatic N) is 3. The Balaban J connectivity index is 0.00000200. The van der Waals surface area contributed by atoms with Gasteiger partial charge in [0.15, 0.2) is 11.5 Å². The summed E-state index contributed by atoms with van der Waals surface area (Å²) < 4.78 is 0. The van der Waals surface area contributed by atoms with Gasteiger partial charge in [-0.05, 0) is 13.0 Å². The van der Waals surface area contributed by atoms with Gasteiger partial charge in [0.25, 0.3) is 5.91 Å². The third kappa shape index (κ3) is 6.43. The van der Waals surface area contributed by atoms with Gasteiger partial charge in [0.1, 0.15) is 0 Å². The van der Waals surface area contributed by atoms with Crippen molar-refractivity contribution in [3.8, 4) is 0 Å². The average Bonchev–Trinajstić information content (AvgIpc) is 2.45. The lowest BCUT2D eigenvalue weighted by Crippen LogP contribution is -2.44. The van der Waals surface area contributed by atoms with Crippen LogP contribution in [-0.4, -0.2) is 60.0 Å². The highest BCUT2D eigenvalue weighted by molar-refractivity contribution is 5.96. The molecule has 21 heavy (non-hydrogen) atoms. The molecule has 1 aromatic rings. The van der Waals surface area contributed by atoms with Crippen LogP contribution in [-0.2, 0) is 0 Å². The molecule has 1 fully saturated rings. The molecular formula is C12H22Cl2N6O. The van der Waals surface area contributed by atoms with Crippen molar-refractivity contribution in [1.82, 2.24) is 25.5 Å². The summed E-state index contributed by atoms with van der Waals surface area (Å²) in [5.41, 5.74) is 5.79. The summed E-state index contributed by atoms with van der Waals surface area (Å²) in [4.78, 5) is 22.0. The normalized spacial score (nSPS) is 14.7. The molecule has 0 spiro atoms. The van der Waals surface area contributed by atoms with Gasteiger partial charge in [0, 0.05) is 45.1 Å². The molecule has 0 aromatic carbocycles. The highest BCUT2D eigenvalue weighted by Gasteiger charge is 2.12. The number of anilines is 1. The Morgan fingerprint density at radius 3 is 2.62 bits per heavy atom. The molecule has 7 nitrogen and oxygen atoms in total. The third-order valence-electron chi connectivity index (χ3n) is 3.09. The first-order valence-electron chi connectivity index (χ1n) is 6.55. The summed E-state index contributed by atoms with van der Waals surface area (Å²) in [6.07, 6.45) is 3.86. The molecule has 120 valence electrons. The Hall–Kier alpha value is -1.15. The fourth-order valence-corrected chi connectivity index (χ4v) is 2.05. The molecular weight excluding hydrogens is 315 g/mol. The number of carbonyl (C=O) groups excluding carboxylic acids is 1. The van der Waals surface area contributed by atoms with Crippen LogP contribution in [0.2, 0.25) is 0 Å². The van der Waals surface area contributed by atoms with Crippen LogP contribution in [0.4, 0.5) is 5.82 Å². The maximum Gasteiger partial charge on any atom is 0.273 e. The van der Waals surface area contributed by atoms with Crippen molar-refractivity contribution in [3.05, 3.63) is 18.1 Å². The van der Waals surface area contributed by atoms with Crippen LogP contribution in [0.3, 0.4) is 0 Å². The van der Waals surface area contributed by atoms with Gasteiger partial charge in [0.05, 0.1) is 0 Å². The van der Waals surface area contributed by atoms with Crippen molar-refractivity contribution in [3.63, 3.8) is 0 Å². The van der Waals surface area contributed by atoms with Crippen molar-refractivity contribution >= 4 is 36.5 Å². The molecule has 1 aliphatic rings. The van der Waals surface area contributed by atoms with Crippen LogP contribution < -0.4 is 16.4 Å². The summed E-state index contributed by atoms with van der Waals surface area (Å²) in [5, 5.41) is 6.13. The summed E-state index contributed by atoms with van der Waals surface area (Å²) in [6.45, 7) is 5.86. The van der Waals surface area contributed by atoms with Crippen molar-refractivity contribution in [2.24, 2.45) is 0 Å². The molecule has 0 saturated carbocycles. The Bertz CT molecular complexity index is 428. The average molecular weight is 337 g/mol. The van der Waals surface area contributed by atoms with Gasteiger partial charge in [-0.2, -0.15) is 0 Å². The number of carbonyl (C=O) groups is 1. The second kappa shape index (κ2) is 10.6. The summed E-state index contributed by atoms with van der Waals surface area (Å²) in [6, 6.07) is 0. The predicted molar refractivity (Wildman–Crippen MR) is 87.2 cm³/mol. The van der Waals surface area contributed by atoms with E-state index >= 15 is 0 Å².